The lowest BCUT2D eigenvalue weighted by Crippen LogP contribution is -2.27. The maximum Gasteiger partial charge on any atom is 0.160 e. The molecule has 0 fully saturated rings. The van der Waals surface area contributed by atoms with E-state index in [9.17, 15) is 0 Å². The van der Waals surface area contributed by atoms with E-state index in [1.165, 1.54) is 0 Å². The van der Waals surface area contributed by atoms with Crippen LogP contribution in [0.3, 0.4) is 0 Å². The molecule has 2 rings (SSSR count). The van der Waals surface area contributed by atoms with E-state index in [1.807, 2.05) is 26.2 Å². The lowest BCUT2D eigenvalue weighted by atomic mass is 10.2. The van der Waals surface area contributed by atoms with E-state index in [0.29, 0.717) is 16.7 Å². The fourth-order valence-electron chi connectivity index (χ4n) is 1.58. The van der Waals surface area contributed by atoms with Gasteiger partial charge in [-0.3, -0.25) is 0 Å². The SMILES string of the molecule is CNCCN(C)c1ccc(N)c2nonc12. The van der Waals surface area contributed by atoms with E-state index in [1.54, 1.807) is 0 Å². The minimum Gasteiger partial charge on any atom is -0.397 e. The molecule has 0 aliphatic carbocycles. The Bertz CT molecular complexity index is 481. The first-order valence-corrected chi connectivity index (χ1v) is 5.10. The van der Waals surface area contributed by atoms with Gasteiger partial charge in [-0.15, -0.1) is 0 Å². The zero-order valence-corrected chi connectivity index (χ0v) is 9.40. The summed E-state index contributed by atoms with van der Waals surface area (Å²) < 4.78 is 4.72. The summed E-state index contributed by atoms with van der Waals surface area (Å²) in [7, 11) is 3.92. The van der Waals surface area contributed by atoms with Crippen LogP contribution in [0.15, 0.2) is 16.8 Å². The lowest BCUT2D eigenvalue weighted by molar-refractivity contribution is 0.315. The maximum absolute atomic E-state index is 5.78. The van der Waals surface area contributed by atoms with Crippen molar-refractivity contribution >= 4 is 22.4 Å². The average Bonchev–Trinajstić information content (AvgIpc) is 2.76. The molecule has 0 aliphatic rings. The Hall–Kier alpha value is -1.82. The molecule has 3 N–H and O–H groups in total. The van der Waals surface area contributed by atoms with Crippen molar-refractivity contribution in [3.63, 3.8) is 0 Å². The van der Waals surface area contributed by atoms with Crippen molar-refractivity contribution in [3.8, 4) is 0 Å². The molecule has 2 aromatic rings. The number of hydrogen-bond acceptors (Lipinski definition) is 6. The van der Waals surface area contributed by atoms with Crippen LogP contribution in [0.4, 0.5) is 11.4 Å². The third kappa shape index (κ3) is 1.79. The topological polar surface area (TPSA) is 80.2 Å². The van der Waals surface area contributed by atoms with Crippen molar-refractivity contribution in [1.29, 1.82) is 0 Å². The van der Waals surface area contributed by atoms with E-state index in [0.717, 1.165) is 18.8 Å². The highest BCUT2D eigenvalue weighted by molar-refractivity contribution is 5.95. The van der Waals surface area contributed by atoms with Crippen LogP contribution in [0.25, 0.3) is 11.0 Å². The summed E-state index contributed by atoms with van der Waals surface area (Å²) in [5, 5.41) is 10.8. The number of anilines is 2. The quantitative estimate of drug-likeness (QED) is 0.730. The fourth-order valence-corrected chi connectivity index (χ4v) is 1.58. The van der Waals surface area contributed by atoms with Crippen molar-refractivity contribution in [2.45, 2.75) is 0 Å². The van der Waals surface area contributed by atoms with Gasteiger partial charge in [-0.05, 0) is 29.5 Å². The number of hydrogen-bond donors (Lipinski definition) is 2. The molecule has 16 heavy (non-hydrogen) atoms. The van der Waals surface area contributed by atoms with Gasteiger partial charge in [0.05, 0.1) is 11.4 Å². The Morgan fingerprint density at radius 3 is 2.88 bits per heavy atom. The van der Waals surface area contributed by atoms with Gasteiger partial charge in [0.2, 0.25) is 0 Å². The molecule has 0 bridgehead atoms. The van der Waals surface area contributed by atoms with E-state index < -0.39 is 0 Å². The second-order valence-corrected chi connectivity index (χ2v) is 3.66. The molecule has 0 spiro atoms. The summed E-state index contributed by atoms with van der Waals surface area (Å²) in [5.74, 6) is 0. The van der Waals surface area contributed by atoms with Crippen LogP contribution in [0, 0.1) is 0 Å². The molecule has 0 atom stereocenters. The largest absolute Gasteiger partial charge is 0.397 e. The van der Waals surface area contributed by atoms with Gasteiger partial charge in [-0.1, -0.05) is 0 Å². The number of nitrogens with one attached hydrogen (secondary N) is 1. The van der Waals surface area contributed by atoms with Crippen molar-refractivity contribution < 1.29 is 4.63 Å². The number of nitrogens with two attached hydrogens (primary N) is 1. The van der Waals surface area contributed by atoms with Gasteiger partial charge < -0.3 is 16.0 Å². The van der Waals surface area contributed by atoms with Crippen LogP contribution >= 0.6 is 0 Å². The standard InChI is InChI=1S/C10H15N5O/c1-12-5-6-15(2)8-4-3-7(11)9-10(8)14-16-13-9/h3-4,12H,5-6,11H2,1-2H3. The first kappa shape index (κ1) is 10.7. The monoisotopic (exact) mass is 221 g/mol. The Morgan fingerprint density at radius 2 is 2.12 bits per heavy atom. The molecule has 0 amide bonds. The first-order chi connectivity index (χ1) is 7.74. The highest BCUT2D eigenvalue weighted by Gasteiger charge is 2.12. The molecule has 0 saturated carbocycles. The van der Waals surface area contributed by atoms with Gasteiger partial charge >= 0.3 is 0 Å². The highest BCUT2D eigenvalue weighted by Crippen LogP contribution is 2.27. The Labute approximate surface area is 93.4 Å². The third-order valence-corrected chi connectivity index (χ3v) is 2.53. The summed E-state index contributed by atoms with van der Waals surface area (Å²) >= 11 is 0. The Balaban J connectivity index is 2.37. The fraction of sp³-hybridized carbons (Fsp3) is 0.400. The number of nitrogens with zero attached hydrogens (tertiary/aromatic N) is 3. The summed E-state index contributed by atoms with van der Waals surface area (Å²) in [6.45, 7) is 1.77. The Morgan fingerprint density at radius 1 is 1.38 bits per heavy atom. The number of aromatic nitrogens is 2. The van der Waals surface area contributed by atoms with Crippen LogP contribution in [0.1, 0.15) is 0 Å². The van der Waals surface area contributed by atoms with Gasteiger partial charge in [-0.2, -0.15) is 0 Å². The minimum atomic E-state index is 0.585. The second-order valence-electron chi connectivity index (χ2n) is 3.66. The summed E-state index contributed by atoms with van der Waals surface area (Å²) in [5.41, 5.74) is 8.66. The molecule has 0 radical (unpaired) electrons. The third-order valence-electron chi connectivity index (χ3n) is 2.53. The van der Waals surface area contributed by atoms with Crippen LogP contribution in [-0.4, -0.2) is 37.5 Å². The molecule has 6 heteroatoms. The molecule has 1 aromatic heterocycles. The number of likely N-dealkylation sites (N-methyl/N-ethyl adjacent to an activating group) is 2. The van der Waals surface area contributed by atoms with E-state index in [2.05, 4.69) is 20.5 Å². The average molecular weight is 221 g/mol. The molecule has 1 aromatic carbocycles. The van der Waals surface area contributed by atoms with Gasteiger partial charge in [-0.25, -0.2) is 4.63 Å². The van der Waals surface area contributed by atoms with Gasteiger partial charge in [0.25, 0.3) is 0 Å². The molecule has 86 valence electrons. The summed E-state index contributed by atoms with van der Waals surface area (Å²) in [6, 6.07) is 3.75. The molecular weight excluding hydrogens is 206 g/mol. The minimum absolute atomic E-state index is 0.585. The van der Waals surface area contributed by atoms with Gasteiger partial charge in [0.1, 0.15) is 0 Å². The molecule has 6 nitrogen and oxygen atoms in total. The predicted molar refractivity (Wildman–Crippen MR) is 63.4 cm³/mol. The van der Waals surface area contributed by atoms with Crippen molar-refractivity contribution in [3.05, 3.63) is 12.1 Å². The van der Waals surface area contributed by atoms with Crippen molar-refractivity contribution in [2.75, 3.05) is 37.8 Å². The highest BCUT2D eigenvalue weighted by atomic mass is 16.6. The zero-order valence-electron chi connectivity index (χ0n) is 9.40. The smallest absolute Gasteiger partial charge is 0.160 e. The lowest BCUT2D eigenvalue weighted by Gasteiger charge is -2.18. The normalized spacial score (nSPS) is 10.9. The van der Waals surface area contributed by atoms with E-state index in [4.69, 9.17) is 10.4 Å². The summed E-state index contributed by atoms with van der Waals surface area (Å²) in [6.07, 6.45) is 0. The molecular formula is C10H15N5O. The molecule has 1 heterocycles. The summed E-state index contributed by atoms with van der Waals surface area (Å²) in [4.78, 5) is 2.09. The second kappa shape index (κ2) is 4.36. The number of fused-ring (bicyclic) bond motifs is 1. The van der Waals surface area contributed by atoms with E-state index >= 15 is 0 Å². The van der Waals surface area contributed by atoms with Crippen LogP contribution < -0.4 is 16.0 Å². The zero-order chi connectivity index (χ0) is 11.5. The molecule has 0 unspecified atom stereocenters. The van der Waals surface area contributed by atoms with Crippen LogP contribution in [-0.2, 0) is 0 Å². The van der Waals surface area contributed by atoms with Gasteiger partial charge in [0.15, 0.2) is 11.0 Å². The van der Waals surface area contributed by atoms with Crippen molar-refractivity contribution in [2.24, 2.45) is 0 Å². The first-order valence-electron chi connectivity index (χ1n) is 5.10. The molecule has 0 aliphatic heterocycles. The number of nitrogen functional groups attached to an aromatic ring is 1. The number of benzene rings is 1. The van der Waals surface area contributed by atoms with Gasteiger partial charge in [0, 0.05) is 20.1 Å². The number of rotatable bonds is 4. The van der Waals surface area contributed by atoms with Crippen molar-refractivity contribution in [1.82, 2.24) is 15.6 Å². The van der Waals surface area contributed by atoms with E-state index in [-0.39, 0.29) is 0 Å². The Kier molecular flexibility index (Phi) is 2.91. The molecule has 0 saturated heterocycles. The van der Waals surface area contributed by atoms with Crippen LogP contribution in [0.5, 0.6) is 0 Å². The maximum atomic E-state index is 5.78. The van der Waals surface area contributed by atoms with Crippen LogP contribution in [0.2, 0.25) is 0 Å². The predicted octanol–water partition coefficient (Wildman–Crippen LogP) is 0.461.